The van der Waals surface area contributed by atoms with Crippen molar-refractivity contribution >= 4 is 0 Å². The molecule has 2 heteroatoms. The van der Waals surface area contributed by atoms with Gasteiger partial charge in [0.1, 0.15) is 0 Å². The summed E-state index contributed by atoms with van der Waals surface area (Å²) in [6.07, 6.45) is 2.46. The molecular weight excluding hydrogens is 258 g/mol. The zero-order chi connectivity index (χ0) is 15.8. The number of nitrogens with one attached hydrogen (secondary N) is 1. The fourth-order valence-corrected chi connectivity index (χ4v) is 2.86. The van der Waals surface area contributed by atoms with Crippen LogP contribution in [0.5, 0.6) is 0 Å². The van der Waals surface area contributed by atoms with Gasteiger partial charge >= 0.3 is 0 Å². The Kier molecular flexibility index (Phi) is 7.98. The molecule has 0 saturated heterocycles. The largest absolute Gasteiger partial charge is 0.377 e. The van der Waals surface area contributed by atoms with Crippen molar-refractivity contribution in [1.29, 1.82) is 0 Å². The summed E-state index contributed by atoms with van der Waals surface area (Å²) in [5.41, 5.74) is 4.15. The van der Waals surface area contributed by atoms with Gasteiger partial charge in [0.2, 0.25) is 0 Å². The number of hydrogen-bond donors (Lipinski definition) is 1. The maximum atomic E-state index is 6.04. The van der Waals surface area contributed by atoms with Gasteiger partial charge in [-0.15, -0.1) is 0 Å². The molecule has 0 radical (unpaired) electrons. The summed E-state index contributed by atoms with van der Waals surface area (Å²) in [6.45, 7) is 15.0. The molecule has 1 aromatic rings. The highest BCUT2D eigenvalue weighted by Gasteiger charge is 2.25. The van der Waals surface area contributed by atoms with Crippen LogP contribution in [0.3, 0.4) is 0 Å². The van der Waals surface area contributed by atoms with Crippen LogP contribution in [0.1, 0.15) is 50.8 Å². The summed E-state index contributed by atoms with van der Waals surface area (Å²) in [6, 6.07) is 7.12. The van der Waals surface area contributed by atoms with Crippen LogP contribution >= 0.6 is 0 Å². The maximum absolute atomic E-state index is 6.04. The average Bonchev–Trinajstić information content (AvgIpc) is 2.44. The van der Waals surface area contributed by atoms with Crippen molar-refractivity contribution in [2.75, 3.05) is 13.2 Å². The highest BCUT2D eigenvalue weighted by atomic mass is 16.5. The second-order valence-electron chi connectivity index (χ2n) is 6.36. The van der Waals surface area contributed by atoms with Gasteiger partial charge in [-0.3, -0.25) is 0 Å². The lowest BCUT2D eigenvalue weighted by Gasteiger charge is -2.31. The first-order chi connectivity index (χ1) is 9.99. The molecule has 2 unspecified atom stereocenters. The molecule has 21 heavy (non-hydrogen) atoms. The average molecular weight is 291 g/mol. The third-order valence-electron chi connectivity index (χ3n) is 4.01. The summed E-state index contributed by atoms with van der Waals surface area (Å²) in [4.78, 5) is 0. The first-order valence-electron chi connectivity index (χ1n) is 8.40. The van der Waals surface area contributed by atoms with Crippen molar-refractivity contribution in [2.24, 2.45) is 5.92 Å². The van der Waals surface area contributed by atoms with Gasteiger partial charge in [0.25, 0.3) is 0 Å². The van der Waals surface area contributed by atoms with E-state index in [2.05, 4.69) is 65.1 Å². The van der Waals surface area contributed by atoms with Crippen LogP contribution in [0.4, 0.5) is 0 Å². The molecule has 2 nitrogen and oxygen atoms in total. The van der Waals surface area contributed by atoms with Crippen LogP contribution in [0, 0.1) is 19.8 Å². The van der Waals surface area contributed by atoms with Crippen LogP contribution in [0.2, 0.25) is 0 Å². The molecule has 0 amide bonds. The first kappa shape index (κ1) is 18.2. The quantitative estimate of drug-likeness (QED) is 0.733. The van der Waals surface area contributed by atoms with Crippen LogP contribution in [0.15, 0.2) is 18.2 Å². The van der Waals surface area contributed by atoms with Crippen molar-refractivity contribution in [3.05, 3.63) is 34.9 Å². The number of hydrogen-bond acceptors (Lipinski definition) is 2. The van der Waals surface area contributed by atoms with Crippen LogP contribution in [0.25, 0.3) is 0 Å². The Morgan fingerprint density at radius 3 is 2.43 bits per heavy atom. The van der Waals surface area contributed by atoms with Gasteiger partial charge in [0.05, 0.1) is 6.10 Å². The van der Waals surface area contributed by atoms with E-state index in [-0.39, 0.29) is 6.10 Å². The van der Waals surface area contributed by atoms with E-state index < -0.39 is 0 Å². The second kappa shape index (κ2) is 9.22. The van der Waals surface area contributed by atoms with Crippen LogP contribution in [-0.2, 0) is 11.2 Å². The molecule has 120 valence electrons. The van der Waals surface area contributed by atoms with E-state index in [0.717, 1.165) is 26.0 Å². The lowest BCUT2D eigenvalue weighted by molar-refractivity contribution is 0.00359. The normalized spacial score (nSPS) is 14.4. The summed E-state index contributed by atoms with van der Waals surface area (Å²) in [5, 5.41) is 3.71. The van der Waals surface area contributed by atoms with Gasteiger partial charge in [-0.05, 0) is 57.2 Å². The first-order valence-corrected chi connectivity index (χ1v) is 8.40. The van der Waals surface area contributed by atoms with E-state index in [1.54, 1.807) is 0 Å². The highest BCUT2D eigenvalue weighted by molar-refractivity contribution is 5.31. The Morgan fingerprint density at radius 2 is 1.86 bits per heavy atom. The van der Waals surface area contributed by atoms with E-state index in [9.17, 15) is 0 Å². The maximum Gasteiger partial charge on any atom is 0.0753 e. The summed E-state index contributed by atoms with van der Waals surface area (Å²) < 4.78 is 6.04. The van der Waals surface area contributed by atoms with Crippen molar-refractivity contribution in [3.63, 3.8) is 0 Å². The van der Waals surface area contributed by atoms with Gasteiger partial charge in [-0.1, -0.05) is 44.5 Å². The molecule has 1 aromatic carbocycles. The summed E-state index contributed by atoms with van der Waals surface area (Å²) >= 11 is 0. The van der Waals surface area contributed by atoms with Crippen molar-refractivity contribution in [1.82, 2.24) is 5.32 Å². The molecule has 0 saturated carbocycles. The van der Waals surface area contributed by atoms with Gasteiger partial charge in [0.15, 0.2) is 0 Å². The lowest BCUT2D eigenvalue weighted by Crippen LogP contribution is -2.46. The van der Waals surface area contributed by atoms with Crippen molar-refractivity contribution in [3.8, 4) is 0 Å². The molecular formula is C19H33NO. The van der Waals surface area contributed by atoms with E-state index in [1.807, 2.05) is 0 Å². The third kappa shape index (κ3) is 5.80. The Hall–Kier alpha value is -0.860. The Labute approximate surface area is 131 Å². The monoisotopic (exact) mass is 291 g/mol. The number of ether oxygens (including phenoxy) is 1. The molecule has 2 atom stereocenters. The zero-order valence-electron chi connectivity index (χ0n) is 14.7. The minimum absolute atomic E-state index is 0.265. The molecule has 1 N–H and O–H groups in total. The molecule has 0 fully saturated rings. The number of rotatable bonds is 9. The minimum Gasteiger partial charge on any atom is -0.377 e. The van der Waals surface area contributed by atoms with E-state index in [4.69, 9.17) is 4.74 Å². The molecule has 0 spiro atoms. The van der Waals surface area contributed by atoms with E-state index in [0.29, 0.717) is 12.0 Å². The van der Waals surface area contributed by atoms with Gasteiger partial charge < -0.3 is 10.1 Å². The van der Waals surface area contributed by atoms with E-state index >= 15 is 0 Å². The summed E-state index contributed by atoms with van der Waals surface area (Å²) in [7, 11) is 0. The summed E-state index contributed by atoms with van der Waals surface area (Å²) in [5.74, 6) is 0.518. The van der Waals surface area contributed by atoms with Gasteiger partial charge in [0, 0.05) is 12.6 Å². The molecule has 0 aliphatic heterocycles. The Balaban J connectivity index is 2.92. The lowest BCUT2D eigenvalue weighted by atomic mass is 9.91. The minimum atomic E-state index is 0.265. The molecule has 0 bridgehead atoms. The van der Waals surface area contributed by atoms with Crippen LogP contribution < -0.4 is 5.32 Å². The van der Waals surface area contributed by atoms with Crippen LogP contribution in [-0.4, -0.2) is 25.3 Å². The SMILES string of the molecule is CCCNC(Cc1cc(C)ccc1C)C(OCC)C(C)C. The highest BCUT2D eigenvalue weighted by Crippen LogP contribution is 2.19. The zero-order valence-corrected chi connectivity index (χ0v) is 14.7. The topological polar surface area (TPSA) is 21.3 Å². The van der Waals surface area contributed by atoms with Gasteiger partial charge in [-0.25, -0.2) is 0 Å². The second-order valence-corrected chi connectivity index (χ2v) is 6.36. The Morgan fingerprint density at radius 1 is 1.14 bits per heavy atom. The molecule has 1 rings (SSSR count). The smallest absolute Gasteiger partial charge is 0.0753 e. The standard InChI is InChI=1S/C19H33NO/c1-7-11-20-18(19(14(3)4)21-8-2)13-17-12-15(5)9-10-16(17)6/h9-10,12,14,18-20H,7-8,11,13H2,1-6H3. The van der Waals surface area contributed by atoms with Crippen molar-refractivity contribution < 1.29 is 4.74 Å². The number of benzene rings is 1. The Bertz CT molecular complexity index is 414. The third-order valence-corrected chi connectivity index (χ3v) is 4.01. The van der Waals surface area contributed by atoms with Crippen molar-refractivity contribution in [2.45, 2.75) is 66.5 Å². The van der Waals surface area contributed by atoms with E-state index in [1.165, 1.54) is 16.7 Å². The molecule has 0 aromatic heterocycles. The number of aryl methyl sites for hydroxylation is 2. The fourth-order valence-electron chi connectivity index (χ4n) is 2.86. The fraction of sp³-hybridized carbons (Fsp3) is 0.684. The predicted molar refractivity (Wildman–Crippen MR) is 92.0 cm³/mol. The molecule has 0 aliphatic carbocycles. The molecule has 0 aliphatic rings. The van der Waals surface area contributed by atoms with Gasteiger partial charge in [-0.2, -0.15) is 0 Å². The predicted octanol–water partition coefficient (Wildman–Crippen LogP) is 4.28. The molecule has 0 heterocycles.